The van der Waals surface area contributed by atoms with Crippen LogP contribution in [0.25, 0.3) is 0 Å². The van der Waals surface area contributed by atoms with Gasteiger partial charge in [-0.15, -0.1) is 0 Å². The number of piperidine rings is 1. The van der Waals surface area contributed by atoms with E-state index in [0.717, 1.165) is 50.9 Å². The number of hydrogen-bond donors (Lipinski definition) is 2. The molecule has 31 heavy (non-hydrogen) atoms. The molecule has 2 aliphatic heterocycles. The van der Waals surface area contributed by atoms with Crippen molar-refractivity contribution in [3.63, 3.8) is 0 Å². The average molecular weight is 434 g/mol. The van der Waals surface area contributed by atoms with Gasteiger partial charge in [-0.25, -0.2) is 4.39 Å². The van der Waals surface area contributed by atoms with Crippen LogP contribution in [0.3, 0.4) is 0 Å². The molecule has 174 valence electrons. The Morgan fingerprint density at radius 1 is 1.10 bits per heavy atom. The van der Waals surface area contributed by atoms with E-state index < -0.39 is 0 Å². The molecule has 1 aromatic rings. The van der Waals surface area contributed by atoms with Gasteiger partial charge in [-0.2, -0.15) is 0 Å². The monoisotopic (exact) mass is 433 g/mol. The molecule has 6 nitrogen and oxygen atoms in total. The van der Waals surface area contributed by atoms with Gasteiger partial charge in [-0.3, -0.25) is 9.89 Å². The zero-order chi connectivity index (χ0) is 21.9. The first kappa shape index (κ1) is 24.0. The molecule has 1 unspecified atom stereocenters. The minimum atomic E-state index is -0.201. The summed E-state index contributed by atoms with van der Waals surface area (Å²) in [7, 11) is 0. The standard InChI is InChI=1S/C24H40FN5O/c1-3-11-29-12-9-20(10-13-29)18-27-24(26-4-2)28-19-23(30-14-16-31-17-15-30)21-5-7-22(25)8-6-21/h5-8,20,23H,3-4,9-19H2,1-2H3,(H2,26,27,28). The van der Waals surface area contributed by atoms with Crippen LogP contribution in [-0.4, -0.2) is 81.3 Å². The van der Waals surface area contributed by atoms with Gasteiger partial charge in [0, 0.05) is 26.2 Å². The lowest BCUT2D eigenvalue weighted by molar-refractivity contribution is 0.0179. The van der Waals surface area contributed by atoms with Gasteiger partial charge >= 0.3 is 0 Å². The summed E-state index contributed by atoms with van der Waals surface area (Å²) < 4.78 is 19.0. The van der Waals surface area contributed by atoms with Crippen LogP contribution < -0.4 is 10.6 Å². The van der Waals surface area contributed by atoms with Crippen molar-refractivity contribution in [2.24, 2.45) is 10.9 Å². The van der Waals surface area contributed by atoms with E-state index in [-0.39, 0.29) is 11.9 Å². The summed E-state index contributed by atoms with van der Waals surface area (Å²) in [6.45, 7) is 13.6. The highest BCUT2D eigenvalue weighted by Crippen LogP contribution is 2.23. The number of benzene rings is 1. The molecule has 2 N–H and O–H groups in total. The molecule has 0 spiro atoms. The van der Waals surface area contributed by atoms with Gasteiger partial charge in [0.1, 0.15) is 5.82 Å². The lowest BCUT2D eigenvalue weighted by atomic mass is 9.97. The second kappa shape index (κ2) is 13.0. The molecule has 1 atom stereocenters. The third kappa shape index (κ3) is 7.74. The fraction of sp³-hybridized carbons (Fsp3) is 0.708. The van der Waals surface area contributed by atoms with Crippen molar-refractivity contribution < 1.29 is 9.13 Å². The molecule has 1 aromatic carbocycles. The highest BCUT2D eigenvalue weighted by Gasteiger charge is 2.23. The zero-order valence-corrected chi connectivity index (χ0v) is 19.3. The van der Waals surface area contributed by atoms with Crippen molar-refractivity contribution in [3.05, 3.63) is 35.6 Å². The molecule has 0 amide bonds. The minimum Gasteiger partial charge on any atom is -0.379 e. The quantitative estimate of drug-likeness (QED) is 0.463. The summed E-state index contributed by atoms with van der Waals surface area (Å²) in [4.78, 5) is 9.90. The first-order chi connectivity index (χ1) is 15.2. The Morgan fingerprint density at radius 2 is 1.81 bits per heavy atom. The van der Waals surface area contributed by atoms with E-state index in [4.69, 9.17) is 9.73 Å². The summed E-state index contributed by atoms with van der Waals surface area (Å²) in [6, 6.07) is 6.98. The number of hydrogen-bond acceptors (Lipinski definition) is 4. The van der Waals surface area contributed by atoms with Gasteiger partial charge in [-0.1, -0.05) is 19.1 Å². The van der Waals surface area contributed by atoms with Crippen LogP contribution >= 0.6 is 0 Å². The van der Waals surface area contributed by atoms with Gasteiger partial charge in [0.2, 0.25) is 0 Å². The fourth-order valence-electron chi connectivity index (χ4n) is 4.50. The molecule has 2 fully saturated rings. The van der Waals surface area contributed by atoms with Crippen molar-refractivity contribution in [1.29, 1.82) is 0 Å². The SMILES string of the molecule is CCCN1CCC(CNC(=NCC(c2ccc(F)cc2)N2CCOCC2)NCC)CC1. The predicted molar refractivity (Wildman–Crippen MR) is 125 cm³/mol. The number of nitrogens with one attached hydrogen (secondary N) is 2. The van der Waals surface area contributed by atoms with Crippen LogP contribution in [0.5, 0.6) is 0 Å². The van der Waals surface area contributed by atoms with Gasteiger partial charge < -0.3 is 20.3 Å². The summed E-state index contributed by atoms with van der Waals surface area (Å²) in [6.07, 6.45) is 3.73. The maximum atomic E-state index is 13.5. The number of nitrogens with zero attached hydrogens (tertiary/aromatic N) is 3. The lowest BCUT2D eigenvalue weighted by Gasteiger charge is -2.34. The Kier molecular flexibility index (Phi) is 10.0. The van der Waals surface area contributed by atoms with E-state index in [9.17, 15) is 4.39 Å². The van der Waals surface area contributed by atoms with Crippen LogP contribution in [0.1, 0.15) is 44.7 Å². The number of guanidine groups is 1. The Hall–Kier alpha value is -1.70. The first-order valence-electron chi connectivity index (χ1n) is 12.0. The summed E-state index contributed by atoms with van der Waals surface area (Å²) >= 11 is 0. The lowest BCUT2D eigenvalue weighted by Crippen LogP contribution is -2.44. The van der Waals surface area contributed by atoms with Gasteiger partial charge in [-0.05, 0) is 69.4 Å². The number of aliphatic imine (C=N–C) groups is 1. The molecule has 0 bridgehead atoms. The number of ether oxygens (including phenoxy) is 1. The Morgan fingerprint density at radius 3 is 2.45 bits per heavy atom. The highest BCUT2D eigenvalue weighted by atomic mass is 19.1. The second-order valence-electron chi connectivity index (χ2n) is 8.60. The van der Waals surface area contributed by atoms with Gasteiger partial charge in [0.25, 0.3) is 0 Å². The van der Waals surface area contributed by atoms with E-state index in [2.05, 4.69) is 34.3 Å². The molecule has 2 heterocycles. The van der Waals surface area contributed by atoms with E-state index >= 15 is 0 Å². The molecule has 0 saturated carbocycles. The highest BCUT2D eigenvalue weighted by molar-refractivity contribution is 5.79. The number of likely N-dealkylation sites (tertiary alicyclic amines) is 1. The molecule has 7 heteroatoms. The van der Waals surface area contributed by atoms with Crippen LogP contribution in [0, 0.1) is 11.7 Å². The van der Waals surface area contributed by atoms with Crippen molar-refractivity contribution in [2.45, 2.75) is 39.2 Å². The van der Waals surface area contributed by atoms with Crippen LogP contribution in [0.15, 0.2) is 29.3 Å². The summed E-state index contributed by atoms with van der Waals surface area (Å²) in [5.41, 5.74) is 1.10. The molecule has 2 aliphatic rings. The Balaban J connectivity index is 1.59. The molecular formula is C24H40FN5O. The zero-order valence-electron chi connectivity index (χ0n) is 19.3. The van der Waals surface area contributed by atoms with Crippen molar-refractivity contribution >= 4 is 5.96 Å². The first-order valence-corrected chi connectivity index (χ1v) is 12.0. The topological polar surface area (TPSA) is 52.1 Å². The average Bonchev–Trinajstić information content (AvgIpc) is 2.80. The summed E-state index contributed by atoms with van der Waals surface area (Å²) in [5.74, 6) is 1.37. The Bertz CT molecular complexity index is 654. The number of morpholine rings is 1. The molecule has 0 radical (unpaired) electrons. The smallest absolute Gasteiger partial charge is 0.191 e. The van der Waals surface area contributed by atoms with Crippen molar-refractivity contribution in [1.82, 2.24) is 20.4 Å². The van der Waals surface area contributed by atoms with Crippen LogP contribution in [-0.2, 0) is 4.74 Å². The second-order valence-corrected chi connectivity index (χ2v) is 8.60. The van der Waals surface area contributed by atoms with Crippen LogP contribution in [0.2, 0.25) is 0 Å². The largest absolute Gasteiger partial charge is 0.379 e. The summed E-state index contributed by atoms with van der Waals surface area (Å²) in [5, 5.41) is 6.97. The van der Waals surface area contributed by atoms with E-state index in [0.29, 0.717) is 12.5 Å². The third-order valence-corrected chi connectivity index (χ3v) is 6.31. The molecule has 0 aliphatic carbocycles. The molecule has 2 saturated heterocycles. The van der Waals surface area contributed by atoms with Crippen molar-refractivity contribution in [3.8, 4) is 0 Å². The number of rotatable bonds is 9. The maximum absolute atomic E-state index is 13.5. The van der Waals surface area contributed by atoms with Crippen molar-refractivity contribution in [2.75, 3.05) is 65.6 Å². The molecule has 0 aromatic heterocycles. The molecular weight excluding hydrogens is 393 g/mol. The fourth-order valence-corrected chi connectivity index (χ4v) is 4.50. The minimum absolute atomic E-state index is 0.122. The van der Waals surface area contributed by atoms with E-state index in [1.54, 1.807) is 12.1 Å². The van der Waals surface area contributed by atoms with E-state index in [1.807, 2.05) is 12.1 Å². The Labute approximate surface area is 187 Å². The molecule has 3 rings (SSSR count). The maximum Gasteiger partial charge on any atom is 0.191 e. The van der Waals surface area contributed by atoms with Crippen LogP contribution in [0.4, 0.5) is 4.39 Å². The number of halogens is 1. The normalized spacial score (nSPS) is 20.5. The van der Waals surface area contributed by atoms with E-state index in [1.165, 1.54) is 38.9 Å². The predicted octanol–water partition coefficient (Wildman–Crippen LogP) is 2.88. The van der Waals surface area contributed by atoms with Gasteiger partial charge in [0.15, 0.2) is 5.96 Å². The third-order valence-electron chi connectivity index (χ3n) is 6.31. The van der Waals surface area contributed by atoms with Gasteiger partial charge in [0.05, 0.1) is 25.8 Å².